The zero-order valence-electron chi connectivity index (χ0n) is 8.75. The van der Waals surface area contributed by atoms with Gasteiger partial charge in [-0.1, -0.05) is 6.58 Å². The van der Waals surface area contributed by atoms with Crippen LogP contribution in [0, 0.1) is 0 Å². The van der Waals surface area contributed by atoms with Crippen LogP contribution in [0.4, 0.5) is 0 Å². The predicted octanol–water partition coefficient (Wildman–Crippen LogP) is 0.359. The first-order valence-electron chi connectivity index (χ1n) is 4.81. The minimum atomic E-state index is 0.622. The molecule has 0 heterocycles. The minimum absolute atomic E-state index is 0.622. The third kappa shape index (κ3) is 8.93. The Balaban J connectivity index is 3.28. The van der Waals surface area contributed by atoms with Gasteiger partial charge in [0.25, 0.3) is 0 Å². The molecule has 0 radical (unpaired) electrons. The molecule has 14 heavy (non-hydrogen) atoms. The van der Waals surface area contributed by atoms with Crippen molar-refractivity contribution in [3.8, 4) is 0 Å². The van der Waals surface area contributed by atoms with Crippen molar-refractivity contribution < 1.29 is 4.79 Å². The van der Waals surface area contributed by atoms with E-state index < -0.39 is 0 Å². The van der Waals surface area contributed by atoms with Gasteiger partial charge in [-0.05, 0) is 20.0 Å². The van der Waals surface area contributed by atoms with Crippen molar-refractivity contribution in [2.24, 2.45) is 4.99 Å². The van der Waals surface area contributed by atoms with Crippen LogP contribution in [0.2, 0.25) is 0 Å². The fraction of sp³-hybridized carbons (Fsp3) is 0.600. The van der Waals surface area contributed by atoms with Crippen LogP contribution in [-0.4, -0.2) is 39.2 Å². The number of carbonyl (C=O) groups is 1. The highest BCUT2D eigenvalue weighted by Gasteiger charge is 1.91. The number of rotatable bonds is 9. The summed E-state index contributed by atoms with van der Waals surface area (Å²) >= 11 is 0. The summed E-state index contributed by atoms with van der Waals surface area (Å²) in [5.74, 6) is 0. The zero-order valence-corrected chi connectivity index (χ0v) is 8.75. The van der Waals surface area contributed by atoms with Crippen molar-refractivity contribution in [3.05, 3.63) is 12.3 Å². The van der Waals surface area contributed by atoms with Crippen molar-refractivity contribution in [2.75, 3.05) is 26.7 Å². The Morgan fingerprint density at radius 3 is 2.93 bits per heavy atom. The van der Waals surface area contributed by atoms with Gasteiger partial charge < -0.3 is 10.6 Å². The van der Waals surface area contributed by atoms with Crippen molar-refractivity contribution in [1.82, 2.24) is 10.6 Å². The van der Waals surface area contributed by atoms with Gasteiger partial charge in [0, 0.05) is 25.2 Å². The summed E-state index contributed by atoms with van der Waals surface area (Å²) in [6.07, 6.45) is 3.81. The molecule has 0 bridgehead atoms. The Bertz CT molecular complexity index is 190. The lowest BCUT2D eigenvalue weighted by molar-refractivity contribution is -0.102. The maximum atomic E-state index is 9.90. The zero-order chi connectivity index (χ0) is 10.6. The Hall–Kier alpha value is -1.16. The lowest BCUT2D eigenvalue weighted by Crippen LogP contribution is -2.19. The summed E-state index contributed by atoms with van der Waals surface area (Å²) < 4.78 is 0. The maximum Gasteiger partial charge on any atom is 0.160 e. The van der Waals surface area contributed by atoms with Crippen molar-refractivity contribution in [1.29, 1.82) is 0 Å². The number of nitrogens with zero attached hydrogens (tertiary/aromatic N) is 1. The van der Waals surface area contributed by atoms with E-state index in [1.165, 1.54) is 6.21 Å². The van der Waals surface area contributed by atoms with Crippen LogP contribution < -0.4 is 10.6 Å². The molecule has 0 aromatic rings. The van der Waals surface area contributed by atoms with E-state index in [0.29, 0.717) is 12.8 Å². The molecule has 0 aromatic carbocycles. The van der Waals surface area contributed by atoms with Crippen LogP contribution >= 0.6 is 0 Å². The molecule has 0 aliphatic heterocycles. The number of aldehydes is 1. The average molecular weight is 197 g/mol. The van der Waals surface area contributed by atoms with E-state index in [1.54, 1.807) is 0 Å². The molecule has 0 saturated carbocycles. The monoisotopic (exact) mass is 197 g/mol. The average Bonchev–Trinajstić information content (AvgIpc) is 2.19. The Morgan fingerprint density at radius 2 is 2.29 bits per heavy atom. The smallest absolute Gasteiger partial charge is 0.160 e. The van der Waals surface area contributed by atoms with E-state index in [9.17, 15) is 4.79 Å². The summed E-state index contributed by atoms with van der Waals surface area (Å²) in [5, 5.41) is 6.27. The largest absolute Gasteiger partial charge is 0.389 e. The van der Waals surface area contributed by atoms with Crippen LogP contribution in [-0.2, 0) is 4.79 Å². The number of hydrogen-bond acceptors (Lipinski definition) is 4. The van der Waals surface area contributed by atoms with Gasteiger partial charge in [-0.2, -0.15) is 0 Å². The van der Waals surface area contributed by atoms with Gasteiger partial charge in [0.15, 0.2) is 6.29 Å². The van der Waals surface area contributed by atoms with E-state index in [4.69, 9.17) is 0 Å². The van der Waals surface area contributed by atoms with E-state index in [0.717, 1.165) is 31.6 Å². The summed E-state index contributed by atoms with van der Waals surface area (Å²) in [4.78, 5) is 13.8. The van der Waals surface area contributed by atoms with Crippen LogP contribution in [0.5, 0.6) is 0 Å². The van der Waals surface area contributed by atoms with Gasteiger partial charge in [0.05, 0.1) is 6.21 Å². The highest BCUT2D eigenvalue weighted by molar-refractivity contribution is 6.12. The van der Waals surface area contributed by atoms with Crippen LogP contribution in [0.15, 0.2) is 17.3 Å². The fourth-order valence-corrected chi connectivity index (χ4v) is 0.936. The van der Waals surface area contributed by atoms with Gasteiger partial charge in [0.2, 0.25) is 0 Å². The molecule has 0 saturated heterocycles. The Morgan fingerprint density at radius 1 is 1.50 bits per heavy atom. The first kappa shape index (κ1) is 12.8. The summed E-state index contributed by atoms with van der Waals surface area (Å²) in [6.45, 7) is 6.41. The molecule has 0 atom stereocenters. The van der Waals surface area contributed by atoms with E-state index >= 15 is 0 Å². The summed E-state index contributed by atoms with van der Waals surface area (Å²) in [6, 6.07) is 0. The van der Waals surface area contributed by atoms with Crippen LogP contribution in [0.1, 0.15) is 12.8 Å². The SMILES string of the molecule is C=C(CC/N=C/C=O)NCCCNC. The van der Waals surface area contributed by atoms with E-state index in [2.05, 4.69) is 22.2 Å². The second-order valence-corrected chi connectivity index (χ2v) is 2.93. The molecule has 0 spiro atoms. The Kier molecular flexibility index (Phi) is 9.10. The standard InChI is InChI=1S/C10H19N3O/c1-10(4-7-12-8-9-14)13-6-3-5-11-2/h8-9,11,13H,1,3-7H2,2H3/b12-8+. The van der Waals surface area contributed by atoms with E-state index in [1.807, 2.05) is 7.05 Å². The van der Waals surface area contributed by atoms with Crippen LogP contribution in [0.25, 0.3) is 0 Å². The molecule has 0 aliphatic carbocycles. The second-order valence-electron chi connectivity index (χ2n) is 2.93. The molecule has 0 aliphatic rings. The van der Waals surface area contributed by atoms with Gasteiger partial charge in [-0.3, -0.25) is 9.79 Å². The molecule has 0 amide bonds. The van der Waals surface area contributed by atoms with Gasteiger partial charge in [0.1, 0.15) is 0 Å². The highest BCUT2D eigenvalue weighted by atomic mass is 16.1. The van der Waals surface area contributed by atoms with Gasteiger partial charge >= 0.3 is 0 Å². The first-order chi connectivity index (χ1) is 6.81. The topological polar surface area (TPSA) is 53.5 Å². The van der Waals surface area contributed by atoms with Gasteiger partial charge in [-0.25, -0.2) is 0 Å². The lowest BCUT2D eigenvalue weighted by atomic mass is 10.3. The number of aliphatic imine (C=N–C) groups is 1. The first-order valence-corrected chi connectivity index (χ1v) is 4.81. The molecular weight excluding hydrogens is 178 g/mol. The third-order valence-electron chi connectivity index (χ3n) is 1.69. The van der Waals surface area contributed by atoms with Crippen molar-refractivity contribution in [3.63, 3.8) is 0 Å². The molecule has 0 unspecified atom stereocenters. The molecular formula is C10H19N3O. The number of hydrogen-bond donors (Lipinski definition) is 2. The predicted molar refractivity (Wildman–Crippen MR) is 59.7 cm³/mol. The molecule has 4 nitrogen and oxygen atoms in total. The lowest BCUT2D eigenvalue weighted by Gasteiger charge is -2.07. The normalized spacial score (nSPS) is 10.4. The number of carbonyl (C=O) groups excluding carboxylic acids is 1. The highest BCUT2D eigenvalue weighted by Crippen LogP contribution is 1.92. The van der Waals surface area contributed by atoms with Gasteiger partial charge in [-0.15, -0.1) is 0 Å². The molecule has 0 aromatic heterocycles. The van der Waals surface area contributed by atoms with Crippen molar-refractivity contribution >= 4 is 12.5 Å². The molecule has 0 rings (SSSR count). The second kappa shape index (κ2) is 9.92. The quantitative estimate of drug-likeness (QED) is 0.319. The summed E-state index contributed by atoms with van der Waals surface area (Å²) in [5.41, 5.74) is 0.976. The molecule has 2 N–H and O–H groups in total. The summed E-state index contributed by atoms with van der Waals surface area (Å²) in [7, 11) is 1.93. The van der Waals surface area contributed by atoms with Crippen molar-refractivity contribution in [2.45, 2.75) is 12.8 Å². The van der Waals surface area contributed by atoms with E-state index in [-0.39, 0.29) is 0 Å². The Labute approximate surface area is 85.5 Å². The maximum absolute atomic E-state index is 9.90. The van der Waals surface area contributed by atoms with Crippen LogP contribution in [0.3, 0.4) is 0 Å². The fourth-order valence-electron chi connectivity index (χ4n) is 0.936. The molecule has 0 fully saturated rings. The number of nitrogens with one attached hydrogen (secondary N) is 2. The third-order valence-corrected chi connectivity index (χ3v) is 1.69. The minimum Gasteiger partial charge on any atom is -0.389 e. The molecule has 4 heteroatoms. The molecule has 80 valence electrons.